The average Bonchev–Trinajstić information content (AvgIpc) is 2.55. The predicted molar refractivity (Wildman–Crippen MR) is 90.7 cm³/mol. The smallest absolute Gasteiger partial charge is 0.0298 e. The van der Waals surface area contributed by atoms with E-state index in [2.05, 4.69) is 59.6 Å². The maximum Gasteiger partial charge on any atom is 0.0298 e. The van der Waals surface area contributed by atoms with Crippen LogP contribution in [0.4, 0.5) is 0 Å². The minimum Gasteiger partial charge on any atom is -0.309 e. The fourth-order valence-electron chi connectivity index (χ4n) is 3.36. The first kappa shape index (κ1) is 14.6. The van der Waals surface area contributed by atoms with Crippen LogP contribution in [0.2, 0.25) is 0 Å². The van der Waals surface area contributed by atoms with Crippen molar-refractivity contribution < 1.29 is 0 Å². The van der Waals surface area contributed by atoms with Crippen molar-refractivity contribution in [1.29, 1.82) is 0 Å². The highest BCUT2D eigenvalue weighted by molar-refractivity contribution is 5.86. The molecule has 0 amide bonds. The minimum atomic E-state index is 0.404. The molecule has 1 saturated heterocycles. The van der Waals surface area contributed by atoms with Gasteiger partial charge >= 0.3 is 0 Å². The summed E-state index contributed by atoms with van der Waals surface area (Å²) in [5, 5.41) is 6.40. The summed E-state index contributed by atoms with van der Waals surface area (Å²) in [5.41, 5.74) is 1.41. The van der Waals surface area contributed by atoms with Crippen LogP contribution in [-0.4, -0.2) is 31.1 Å². The summed E-state index contributed by atoms with van der Waals surface area (Å²) in [6.45, 7) is 7.09. The van der Waals surface area contributed by atoms with Gasteiger partial charge in [0.1, 0.15) is 0 Å². The van der Waals surface area contributed by atoms with Crippen LogP contribution < -0.4 is 5.32 Å². The molecular weight excluding hydrogens is 256 g/mol. The maximum atomic E-state index is 3.70. The quantitative estimate of drug-likeness (QED) is 0.892. The summed E-state index contributed by atoms with van der Waals surface area (Å²) in [5.74, 6) is 0. The summed E-state index contributed by atoms with van der Waals surface area (Å²) in [7, 11) is 0. The van der Waals surface area contributed by atoms with Crippen LogP contribution in [0.25, 0.3) is 10.8 Å². The van der Waals surface area contributed by atoms with E-state index in [0.717, 1.165) is 6.54 Å². The number of piperidine rings is 1. The molecule has 0 saturated carbocycles. The van der Waals surface area contributed by atoms with Gasteiger partial charge in [-0.2, -0.15) is 0 Å². The van der Waals surface area contributed by atoms with E-state index in [9.17, 15) is 0 Å². The monoisotopic (exact) mass is 282 g/mol. The Bertz CT molecular complexity index is 567. The van der Waals surface area contributed by atoms with Crippen molar-refractivity contribution in [1.82, 2.24) is 10.2 Å². The summed E-state index contributed by atoms with van der Waals surface area (Å²) in [6.07, 6.45) is 4.16. The predicted octanol–water partition coefficient (Wildman–Crippen LogP) is 3.98. The molecule has 1 unspecified atom stereocenters. The first-order valence-electron chi connectivity index (χ1n) is 8.28. The van der Waals surface area contributed by atoms with Gasteiger partial charge in [-0.05, 0) is 49.2 Å². The van der Waals surface area contributed by atoms with Crippen molar-refractivity contribution in [2.24, 2.45) is 0 Å². The molecule has 2 aromatic rings. The molecule has 0 spiro atoms. The Morgan fingerprint density at radius 1 is 1.00 bits per heavy atom. The zero-order chi connectivity index (χ0) is 14.5. The van der Waals surface area contributed by atoms with Gasteiger partial charge in [0.05, 0.1) is 0 Å². The lowest BCUT2D eigenvalue weighted by Crippen LogP contribution is -2.36. The molecule has 1 fully saturated rings. The Morgan fingerprint density at radius 2 is 1.76 bits per heavy atom. The van der Waals surface area contributed by atoms with E-state index in [1.807, 2.05) is 0 Å². The van der Waals surface area contributed by atoms with E-state index in [-0.39, 0.29) is 0 Å². The van der Waals surface area contributed by atoms with Gasteiger partial charge in [-0.25, -0.2) is 0 Å². The van der Waals surface area contributed by atoms with E-state index >= 15 is 0 Å². The molecule has 2 nitrogen and oxygen atoms in total. The lowest BCUT2D eigenvalue weighted by molar-refractivity contribution is 0.227. The molecule has 3 rings (SSSR count). The molecule has 21 heavy (non-hydrogen) atoms. The van der Waals surface area contributed by atoms with Crippen molar-refractivity contribution in [2.45, 2.75) is 32.2 Å². The van der Waals surface area contributed by atoms with Gasteiger partial charge in [-0.15, -0.1) is 0 Å². The van der Waals surface area contributed by atoms with Crippen LogP contribution in [0.1, 0.15) is 37.8 Å². The molecule has 1 N–H and O–H groups in total. The molecule has 112 valence electrons. The Labute approximate surface area is 128 Å². The number of fused-ring (bicyclic) bond motifs is 1. The number of nitrogens with zero attached hydrogens (tertiary/aromatic N) is 1. The molecule has 1 aliphatic rings. The van der Waals surface area contributed by atoms with Crippen LogP contribution in [0.15, 0.2) is 42.5 Å². The average molecular weight is 282 g/mol. The molecule has 1 atom stereocenters. The molecule has 0 radical (unpaired) electrons. The van der Waals surface area contributed by atoms with E-state index in [1.165, 1.54) is 55.2 Å². The van der Waals surface area contributed by atoms with E-state index in [4.69, 9.17) is 0 Å². The third-order valence-electron chi connectivity index (χ3n) is 4.62. The first-order valence-corrected chi connectivity index (χ1v) is 8.28. The van der Waals surface area contributed by atoms with Crippen LogP contribution in [0, 0.1) is 0 Å². The van der Waals surface area contributed by atoms with E-state index in [0.29, 0.717) is 6.04 Å². The van der Waals surface area contributed by atoms with Crippen molar-refractivity contribution in [3.8, 4) is 0 Å². The molecule has 1 heterocycles. The third kappa shape index (κ3) is 3.63. The summed E-state index contributed by atoms with van der Waals surface area (Å²) in [6, 6.07) is 15.7. The normalized spacial score (nSPS) is 18.0. The van der Waals surface area contributed by atoms with Gasteiger partial charge in [0, 0.05) is 19.1 Å². The molecular formula is C19H26N2. The maximum absolute atomic E-state index is 3.70. The molecule has 2 heteroatoms. The lowest BCUT2D eigenvalue weighted by atomic mass is 10.00. The largest absolute Gasteiger partial charge is 0.309 e. The van der Waals surface area contributed by atoms with Gasteiger partial charge in [0.2, 0.25) is 0 Å². The molecule has 0 aromatic heterocycles. The molecule has 2 aromatic carbocycles. The number of hydrogen-bond acceptors (Lipinski definition) is 2. The van der Waals surface area contributed by atoms with Gasteiger partial charge in [-0.3, -0.25) is 0 Å². The summed E-state index contributed by atoms with van der Waals surface area (Å²) in [4.78, 5) is 2.59. The van der Waals surface area contributed by atoms with Crippen LogP contribution in [0.3, 0.4) is 0 Å². The van der Waals surface area contributed by atoms with Gasteiger partial charge in [0.25, 0.3) is 0 Å². The van der Waals surface area contributed by atoms with E-state index < -0.39 is 0 Å². The summed E-state index contributed by atoms with van der Waals surface area (Å²) < 4.78 is 0. The number of likely N-dealkylation sites (tertiary alicyclic amines) is 1. The van der Waals surface area contributed by atoms with Gasteiger partial charge < -0.3 is 10.2 Å². The molecule has 1 aliphatic heterocycles. The standard InChI is InChI=1S/C19H26N2/c1-16(20-12-15-21-13-5-2-6-14-21)18-11-7-9-17-8-3-4-10-19(17)18/h3-4,7-11,16,20H,2,5-6,12-15H2,1H3. The fraction of sp³-hybridized carbons (Fsp3) is 0.474. The highest BCUT2D eigenvalue weighted by Crippen LogP contribution is 2.23. The van der Waals surface area contributed by atoms with E-state index in [1.54, 1.807) is 0 Å². The second kappa shape index (κ2) is 7.06. The van der Waals surface area contributed by atoms with Gasteiger partial charge in [0.15, 0.2) is 0 Å². The van der Waals surface area contributed by atoms with Crippen LogP contribution >= 0.6 is 0 Å². The van der Waals surface area contributed by atoms with Gasteiger partial charge in [-0.1, -0.05) is 48.9 Å². The topological polar surface area (TPSA) is 15.3 Å². The third-order valence-corrected chi connectivity index (χ3v) is 4.62. The first-order chi connectivity index (χ1) is 10.3. The number of benzene rings is 2. The van der Waals surface area contributed by atoms with Crippen molar-refractivity contribution in [3.63, 3.8) is 0 Å². The number of hydrogen-bond donors (Lipinski definition) is 1. The van der Waals surface area contributed by atoms with Crippen LogP contribution in [0.5, 0.6) is 0 Å². The Balaban J connectivity index is 1.60. The zero-order valence-electron chi connectivity index (χ0n) is 13.0. The zero-order valence-corrected chi connectivity index (χ0v) is 13.0. The SMILES string of the molecule is CC(NCCN1CCCCC1)c1cccc2ccccc12. The highest BCUT2D eigenvalue weighted by atomic mass is 15.1. The van der Waals surface area contributed by atoms with Crippen molar-refractivity contribution >= 4 is 10.8 Å². The van der Waals surface area contributed by atoms with Crippen LogP contribution in [-0.2, 0) is 0 Å². The van der Waals surface area contributed by atoms with Crippen molar-refractivity contribution in [2.75, 3.05) is 26.2 Å². The fourth-order valence-corrected chi connectivity index (χ4v) is 3.36. The Kier molecular flexibility index (Phi) is 4.89. The number of rotatable bonds is 5. The second-order valence-corrected chi connectivity index (χ2v) is 6.15. The van der Waals surface area contributed by atoms with Crippen molar-refractivity contribution in [3.05, 3.63) is 48.0 Å². The summed E-state index contributed by atoms with van der Waals surface area (Å²) >= 11 is 0. The molecule has 0 aliphatic carbocycles. The lowest BCUT2D eigenvalue weighted by Gasteiger charge is -2.27. The molecule has 0 bridgehead atoms. The minimum absolute atomic E-state index is 0.404. The highest BCUT2D eigenvalue weighted by Gasteiger charge is 2.11. The Hall–Kier alpha value is -1.38. The Morgan fingerprint density at radius 3 is 2.62 bits per heavy atom. The second-order valence-electron chi connectivity index (χ2n) is 6.15. The number of nitrogens with one attached hydrogen (secondary N) is 1.